The predicted molar refractivity (Wildman–Crippen MR) is 86.9 cm³/mol. The topological polar surface area (TPSA) is 93.5 Å². The van der Waals surface area contributed by atoms with Gasteiger partial charge in [0.25, 0.3) is 0 Å². The molecule has 0 aliphatic carbocycles. The molecule has 0 atom stereocenters. The second-order valence-electron chi connectivity index (χ2n) is 5.19. The first-order chi connectivity index (χ1) is 10.1. The number of halogens is 1. The van der Waals surface area contributed by atoms with Gasteiger partial charge in [0, 0.05) is 31.9 Å². The Kier molecular flexibility index (Phi) is 7.31. The van der Waals surface area contributed by atoms with E-state index in [1.54, 1.807) is 0 Å². The van der Waals surface area contributed by atoms with Gasteiger partial charge in [-0.05, 0) is 25.0 Å². The van der Waals surface area contributed by atoms with Crippen molar-refractivity contribution in [2.24, 2.45) is 5.73 Å². The highest BCUT2D eigenvalue weighted by molar-refractivity contribution is 5.91. The number of nitrogens with two attached hydrogens (primary N) is 1. The van der Waals surface area contributed by atoms with Crippen LogP contribution in [-0.4, -0.2) is 37.1 Å². The van der Waals surface area contributed by atoms with Crippen LogP contribution in [0.4, 0.5) is 5.69 Å². The maximum absolute atomic E-state index is 12.0. The van der Waals surface area contributed by atoms with Crippen LogP contribution in [-0.2, 0) is 14.3 Å². The van der Waals surface area contributed by atoms with Gasteiger partial charge in [-0.25, -0.2) is 0 Å². The fourth-order valence-electron chi connectivity index (χ4n) is 2.17. The minimum Gasteiger partial charge on any atom is -0.381 e. The molecule has 0 aromatic heterocycles. The second kappa shape index (κ2) is 8.73. The molecular weight excluding hydrogens is 306 g/mol. The van der Waals surface area contributed by atoms with Crippen LogP contribution in [0, 0.1) is 0 Å². The Morgan fingerprint density at radius 2 is 1.82 bits per heavy atom. The number of rotatable bonds is 5. The number of benzene rings is 1. The summed E-state index contributed by atoms with van der Waals surface area (Å²) in [6.45, 7) is 1.27. The number of para-hydroxylation sites is 1. The zero-order valence-corrected chi connectivity index (χ0v) is 13.2. The highest BCUT2D eigenvalue weighted by Crippen LogP contribution is 2.17. The van der Waals surface area contributed by atoms with Crippen LogP contribution in [0.3, 0.4) is 0 Å². The smallest absolute Gasteiger partial charge is 0.240 e. The molecule has 0 radical (unpaired) electrons. The Bertz CT molecular complexity index is 490. The number of anilines is 1. The SMILES string of the molecule is Cl.NC1(C(=O)NCCC(=O)Nc2ccccc2)CCOCC1. The molecule has 1 fully saturated rings. The molecule has 2 amide bonds. The number of nitrogens with one attached hydrogen (secondary N) is 2. The third-order valence-corrected chi connectivity index (χ3v) is 3.53. The first kappa shape index (κ1) is 18.4. The zero-order chi connectivity index (χ0) is 15.1. The summed E-state index contributed by atoms with van der Waals surface area (Å²) >= 11 is 0. The standard InChI is InChI=1S/C15H21N3O3.ClH/c16-15(7-10-21-11-8-15)14(20)17-9-6-13(19)18-12-4-2-1-3-5-12;/h1-5H,6-11,16H2,(H,17,20)(H,18,19);1H. The average Bonchev–Trinajstić information content (AvgIpc) is 2.49. The Labute approximate surface area is 136 Å². The van der Waals surface area contributed by atoms with E-state index in [4.69, 9.17) is 10.5 Å². The van der Waals surface area contributed by atoms with Crippen molar-refractivity contribution in [3.8, 4) is 0 Å². The summed E-state index contributed by atoms with van der Waals surface area (Å²) in [6.07, 6.45) is 1.23. The van der Waals surface area contributed by atoms with Gasteiger partial charge in [-0.3, -0.25) is 9.59 Å². The molecule has 0 unspecified atom stereocenters. The molecule has 1 heterocycles. The van der Waals surface area contributed by atoms with E-state index in [-0.39, 0.29) is 37.2 Å². The number of ether oxygens (including phenoxy) is 1. The van der Waals surface area contributed by atoms with E-state index >= 15 is 0 Å². The second-order valence-corrected chi connectivity index (χ2v) is 5.19. The van der Waals surface area contributed by atoms with E-state index in [9.17, 15) is 9.59 Å². The monoisotopic (exact) mass is 327 g/mol. The number of hydrogen-bond donors (Lipinski definition) is 3. The largest absolute Gasteiger partial charge is 0.381 e. The first-order valence-electron chi connectivity index (χ1n) is 7.10. The van der Waals surface area contributed by atoms with Gasteiger partial charge in [0.05, 0.1) is 5.54 Å². The van der Waals surface area contributed by atoms with Crippen molar-refractivity contribution in [1.29, 1.82) is 0 Å². The van der Waals surface area contributed by atoms with Gasteiger partial charge in [0.2, 0.25) is 11.8 Å². The molecule has 22 heavy (non-hydrogen) atoms. The zero-order valence-electron chi connectivity index (χ0n) is 12.3. The van der Waals surface area contributed by atoms with Crippen molar-refractivity contribution in [3.63, 3.8) is 0 Å². The maximum atomic E-state index is 12.0. The number of amides is 2. The fourth-order valence-corrected chi connectivity index (χ4v) is 2.17. The Morgan fingerprint density at radius 3 is 2.45 bits per heavy atom. The summed E-state index contributed by atoms with van der Waals surface area (Å²) in [5, 5.41) is 5.49. The minimum absolute atomic E-state index is 0. The molecule has 4 N–H and O–H groups in total. The lowest BCUT2D eigenvalue weighted by molar-refractivity contribution is -0.129. The van der Waals surface area contributed by atoms with E-state index in [2.05, 4.69) is 10.6 Å². The lowest BCUT2D eigenvalue weighted by Crippen LogP contribution is -2.57. The summed E-state index contributed by atoms with van der Waals surface area (Å²) in [5.74, 6) is -0.349. The summed E-state index contributed by atoms with van der Waals surface area (Å²) in [5.41, 5.74) is 5.93. The van der Waals surface area contributed by atoms with E-state index in [1.807, 2.05) is 30.3 Å². The number of hydrogen-bond acceptors (Lipinski definition) is 4. The predicted octanol–water partition coefficient (Wildman–Crippen LogP) is 1.06. The number of carbonyl (C=O) groups excluding carboxylic acids is 2. The van der Waals surface area contributed by atoms with Gasteiger partial charge in [0.1, 0.15) is 0 Å². The van der Waals surface area contributed by atoms with E-state index in [1.165, 1.54) is 0 Å². The quantitative estimate of drug-likeness (QED) is 0.754. The van der Waals surface area contributed by atoms with Crippen LogP contribution in [0.1, 0.15) is 19.3 Å². The fraction of sp³-hybridized carbons (Fsp3) is 0.467. The van der Waals surface area contributed by atoms with Gasteiger partial charge >= 0.3 is 0 Å². The molecule has 1 saturated heterocycles. The molecule has 122 valence electrons. The van der Waals surface area contributed by atoms with Gasteiger partial charge in [-0.15, -0.1) is 12.4 Å². The lowest BCUT2D eigenvalue weighted by atomic mass is 9.90. The van der Waals surface area contributed by atoms with Crippen molar-refractivity contribution in [3.05, 3.63) is 30.3 Å². The van der Waals surface area contributed by atoms with Crippen molar-refractivity contribution in [2.45, 2.75) is 24.8 Å². The highest BCUT2D eigenvalue weighted by atomic mass is 35.5. The lowest BCUT2D eigenvalue weighted by Gasteiger charge is -2.31. The Hall–Kier alpha value is -1.63. The molecule has 1 aliphatic rings. The van der Waals surface area contributed by atoms with Crippen LogP contribution in [0.5, 0.6) is 0 Å². The van der Waals surface area contributed by atoms with Crippen LogP contribution in [0.15, 0.2) is 30.3 Å². The van der Waals surface area contributed by atoms with E-state index in [0.717, 1.165) is 5.69 Å². The molecule has 0 saturated carbocycles. The van der Waals surface area contributed by atoms with Crippen molar-refractivity contribution < 1.29 is 14.3 Å². The Morgan fingerprint density at radius 1 is 1.18 bits per heavy atom. The van der Waals surface area contributed by atoms with Crippen LogP contribution in [0.25, 0.3) is 0 Å². The summed E-state index contributed by atoms with van der Waals surface area (Å²) in [7, 11) is 0. The minimum atomic E-state index is -0.867. The highest BCUT2D eigenvalue weighted by Gasteiger charge is 2.35. The van der Waals surface area contributed by atoms with Crippen LogP contribution in [0.2, 0.25) is 0 Å². The summed E-state index contributed by atoms with van der Waals surface area (Å²) < 4.78 is 5.20. The maximum Gasteiger partial charge on any atom is 0.240 e. The normalized spacial score (nSPS) is 16.2. The molecule has 0 spiro atoms. The van der Waals surface area contributed by atoms with Crippen molar-refractivity contribution >= 4 is 29.9 Å². The Balaban J connectivity index is 0.00000242. The van der Waals surface area contributed by atoms with Gasteiger partial charge < -0.3 is 21.1 Å². The van der Waals surface area contributed by atoms with Gasteiger partial charge in [-0.2, -0.15) is 0 Å². The third-order valence-electron chi connectivity index (χ3n) is 3.53. The van der Waals surface area contributed by atoms with Gasteiger partial charge in [0.15, 0.2) is 0 Å². The van der Waals surface area contributed by atoms with E-state index < -0.39 is 5.54 Å². The third kappa shape index (κ3) is 5.29. The summed E-state index contributed by atoms with van der Waals surface area (Å²) in [4.78, 5) is 23.8. The summed E-state index contributed by atoms with van der Waals surface area (Å²) in [6, 6.07) is 9.20. The van der Waals surface area contributed by atoms with Gasteiger partial charge in [-0.1, -0.05) is 18.2 Å². The van der Waals surface area contributed by atoms with Crippen LogP contribution >= 0.6 is 12.4 Å². The molecule has 2 rings (SSSR count). The van der Waals surface area contributed by atoms with E-state index in [0.29, 0.717) is 26.1 Å². The first-order valence-corrected chi connectivity index (χ1v) is 7.10. The van der Waals surface area contributed by atoms with Crippen LogP contribution < -0.4 is 16.4 Å². The van der Waals surface area contributed by atoms with Crippen molar-refractivity contribution in [2.75, 3.05) is 25.1 Å². The number of carbonyl (C=O) groups is 2. The molecule has 7 heteroatoms. The molecule has 1 aromatic carbocycles. The molecule has 0 bridgehead atoms. The molecule has 1 aromatic rings. The molecule has 1 aliphatic heterocycles. The molecular formula is C15H22ClN3O3. The average molecular weight is 328 g/mol. The molecule has 6 nitrogen and oxygen atoms in total. The van der Waals surface area contributed by atoms with Crippen molar-refractivity contribution in [1.82, 2.24) is 5.32 Å².